The summed E-state index contributed by atoms with van der Waals surface area (Å²) in [6.07, 6.45) is 1.81. The van der Waals surface area contributed by atoms with E-state index in [0.29, 0.717) is 23.1 Å². The molecule has 1 aromatic rings. The lowest BCUT2D eigenvalue weighted by Crippen LogP contribution is -2.28. The average Bonchev–Trinajstić information content (AvgIpc) is 2.80. The quantitative estimate of drug-likeness (QED) is 0.163. The first-order chi connectivity index (χ1) is 9.43. The second kappa shape index (κ2) is 8.16. The van der Waals surface area contributed by atoms with Crippen LogP contribution in [0.1, 0.15) is 12.1 Å². The summed E-state index contributed by atoms with van der Waals surface area (Å²) in [7, 11) is -3.73. The maximum absolute atomic E-state index is 10.9. The van der Waals surface area contributed by atoms with E-state index < -0.39 is 10.2 Å². The Morgan fingerprint density at radius 1 is 1.55 bits per heavy atom. The van der Waals surface area contributed by atoms with Crippen molar-refractivity contribution in [1.29, 1.82) is 0 Å². The number of aliphatic imine (C=N–C) groups is 1. The largest absolute Gasteiger partial charge is 0.370 e. The molecule has 0 aliphatic heterocycles. The van der Waals surface area contributed by atoms with E-state index in [-0.39, 0.29) is 5.96 Å². The summed E-state index contributed by atoms with van der Waals surface area (Å²) in [6, 6.07) is 0. The number of hydrogen-bond acceptors (Lipinski definition) is 7. The number of guanidine groups is 1. The van der Waals surface area contributed by atoms with Gasteiger partial charge in [0, 0.05) is 17.3 Å². The van der Waals surface area contributed by atoms with E-state index in [0.717, 1.165) is 5.69 Å². The normalized spacial score (nSPS) is 11.8. The Morgan fingerprint density at radius 2 is 2.30 bits per heavy atom. The first kappa shape index (κ1) is 16.8. The molecule has 7 N–H and O–H groups in total. The summed E-state index contributed by atoms with van der Waals surface area (Å²) in [4.78, 5) is 9.66. The van der Waals surface area contributed by atoms with Crippen LogP contribution in [-0.4, -0.2) is 31.3 Å². The zero-order valence-corrected chi connectivity index (χ0v) is 12.8. The number of hydrazine groups is 1. The molecule has 112 valence electrons. The van der Waals surface area contributed by atoms with Gasteiger partial charge >= 0.3 is 10.2 Å². The molecule has 0 spiro atoms. The molecule has 1 aromatic heterocycles. The highest BCUT2D eigenvalue weighted by molar-refractivity contribution is 7.98. The molecular formula is C8H15N7O2S3. The molecule has 9 nitrogen and oxygen atoms in total. The van der Waals surface area contributed by atoms with Gasteiger partial charge in [0.1, 0.15) is 0 Å². The Balaban J connectivity index is 2.28. The van der Waals surface area contributed by atoms with Crippen molar-refractivity contribution in [3.63, 3.8) is 0 Å². The number of nitrogens with one attached hydrogen (secondary N) is 1. The fourth-order valence-corrected chi connectivity index (χ4v) is 2.97. The predicted octanol–water partition coefficient (Wildman–Crippen LogP) is -0.550. The molecule has 0 bridgehead atoms. The van der Waals surface area contributed by atoms with Crippen molar-refractivity contribution < 1.29 is 8.42 Å². The number of hydrogen-bond donors (Lipinski definition) is 4. The first-order valence-corrected chi connectivity index (χ1v) is 8.78. The maximum Gasteiger partial charge on any atom is 0.332 e. The van der Waals surface area contributed by atoms with Gasteiger partial charge in [-0.25, -0.2) is 4.98 Å². The van der Waals surface area contributed by atoms with Gasteiger partial charge in [-0.05, 0) is 12.2 Å². The van der Waals surface area contributed by atoms with Gasteiger partial charge in [-0.2, -0.15) is 29.6 Å². The number of thioether (sulfide) groups is 1. The maximum atomic E-state index is 10.9. The third-order valence-electron chi connectivity index (χ3n) is 1.77. The number of aromatic nitrogens is 1. The fourth-order valence-electron chi connectivity index (χ4n) is 1.02. The van der Waals surface area contributed by atoms with E-state index in [4.69, 9.17) is 17.3 Å². The van der Waals surface area contributed by atoms with Crippen LogP contribution >= 0.6 is 23.1 Å². The fraction of sp³-hybridized carbons (Fsp3) is 0.375. The molecule has 0 aliphatic rings. The Kier molecular flexibility index (Phi) is 6.87. The Labute approximate surface area is 124 Å². The Bertz CT molecular complexity index is 577. The molecule has 0 saturated heterocycles. The number of nitrogens with two attached hydrogens (primary N) is 3. The Morgan fingerprint density at radius 3 is 2.95 bits per heavy atom. The van der Waals surface area contributed by atoms with E-state index in [1.54, 1.807) is 16.6 Å². The van der Waals surface area contributed by atoms with Crippen molar-refractivity contribution in [2.24, 2.45) is 26.7 Å². The molecule has 0 radical (unpaired) electrons. The van der Waals surface area contributed by atoms with Gasteiger partial charge in [0.05, 0.1) is 5.69 Å². The van der Waals surface area contributed by atoms with Gasteiger partial charge in [0.15, 0.2) is 5.96 Å². The lowest BCUT2D eigenvalue weighted by molar-refractivity contribution is 0.586. The summed E-state index contributed by atoms with van der Waals surface area (Å²) in [5.74, 6) is 6.14. The van der Waals surface area contributed by atoms with Crippen LogP contribution in [0.5, 0.6) is 0 Å². The molecular weight excluding hydrogens is 322 g/mol. The zero-order chi connectivity index (χ0) is 15.0. The minimum absolute atomic E-state index is 0.0236. The molecule has 20 heavy (non-hydrogen) atoms. The number of thiazole rings is 1. The second-order valence-electron chi connectivity index (χ2n) is 3.38. The molecule has 0 amide bonds. The van der Waals surface area contributed by atoms with Crippen LogP contribution in [0.3, 0.4) is 0 Å². The monoisotopic (exact) mass is 337 g/mol. The van der Waals surface area contributed by atoms with Gasteiger partial charge in [0.2, 0.25) is 5.13 Å². The van der Waals surface area contributed by atoms with E-state index in [1.807, 2.05) is 5.38 Å². The van der Waals surface area contributed by atoms with Gasteiger partial charge in [-0.1, -0.05) is 0 Å². The zero-order valence-electron chi connectivity index (χ0n) is 10.4. The van der Waals surface area contributed by atoms with Crippen LogP contribution in [0.25, 0.3) is 0 Å². The van der Waals surface area contributed by atoms with Gasteiger partial charge < -0.3 is 11.5 Å². The van der Waals surface area contributed by atoms with Gasteiger partial charge in [-0.3, -0.25) is 5.84 Å². The second-order valence-corrected chi connectivity index (χ2v) is 6.72. The lowest BCUT2D eigenvalue weighted by atomic mass is 10.5. The van der Waals surface area contributed by atoms with Crippen molar-refractivity contribution in [1.82, 2.24) is 9.82 Å². The molecule has 0 fully saturated rings. The standard InChI is InChI=1S/C8H15N7O2S3/c9-7(10)14-8-13-6(5-19-8)4-18-3-1-2-12-20(16,17)15-11/h2,5,15H,1,3-4,11H2,(H4,9,10,13,14). The molecule has 12 heteroatoms. The highest BCUT2D eigenvalue weighted by Crippen LogP contribution is 2.21. The van der Waals surface area contributed by atoms with E-state index >= 15 is 0 Å². The van der Waals surface area contributed by atoms with Crippen LogP contribution in [0.4, 0.5) is 5.13 Å². The molecule has 0 aliphatic carbocycles. The third kappa shape index (κ3) is 6.81. The number of rotatable bonds is 8. The van der Waals surface area contributed by atoms with Crippen LogP contribution in [-0.2, 0) is 16.0 Å². The summed E-state index contributed by atoms with van der Waals surface area (Å²) in [5, 5.41) is 2.38. The highest BCUT2D eigenvalue weighted by atomic mass is 32.2. The minimum Gasteiger partial charge on any atom is -0.370 e. The highest BCUT2D eigenvalue weighted by Gasteiger charge is 2.02. The first-order valence-electron chi connectivity index (χ1n) is 5.31. The van der Waals surface area contributed by atoms with E-state index in [1.165, 1.54) is 17.6 Å². The van der Waals surface area contributed by atoms with E-state index in [9.17, 15) is 8.42 Å². The van der Waals surface area contributed by atoms with Crippen molar-refractivity contribution in [2.45, 2.75) is 12.2 Å². The smallest absolute Gasteiger partial charge is 0.332 e. The third-order valence-corrected chi connectivity index (χ3v) is 4.30. The van der Waals surface area contributed by atoms with Crippen molar-refractivity contribution in [3.8, 4) is 0 Å². The molecule has 0 aromatic carbocycles. The minimum atomic E-state index is -3.73. The van der Waals surface area contributed by atoms with Crippen LogP contribution < -0.4 is 22.1 Å². The molecule has 0 saturated carbocycles. The van der Waals surface area contributed by atoms with Crippen LogP contribution in [0.15, 0.2) is 14.8 Å². The predicted molar refractivity (Wildman–Crippen MR) is 83.1 cm³/mol. The molecule has 0 atom stereocenters. The average molecular weight is 337 g/mol. The molecule has 0 unspecified atom stereocenters. The van der Waals surface area contributed by atoms with Crippen molar-refractivity contribution in [2.75, 3.05) is 5.75 Å². The van der Waals surface area contributed by atoms with Gasteiger partial charge in [0.25, 0.3) is 0 Å². The lowest BCUT2D eigenvalue weighted by Gasteiger charge is -1.96. The number of nitrogens with zero attached hydrogens (tertiary/aromatic N) is 3. The summed E-state index contributed by atoms with van der Waals surface area (Å²) >= 11 is 2.94. The molecule has 1 heterocycles. The summed E-state index contributed by atoms with van der Waals surface area (Å²) in [6.45, 7) is 0. The summed E-state index contributed by atoms with van der Waals surface area (Å²) in [5.41, 5.74) is 11.4. The van der Waals surface area contributed by atoms with E-state index in [2.05, 4.69) is 14.4 Å². The summed E-state index contributed by atoms with van der Waals surface area (Å²) < 4.78 is 25.0. The molecule has 1 rings (SSSR count). The Hall–Kier alpha value is -1.21. The van der Waals surface area contributed by atoms with Crippen molar-refractivity contribution >= 4 is 50.6 Å². The van der Waals surface area contributed by atoms with Gasteiger partial charge in [-0.15, -0.1) is 16.2 Å². The van der Waals surface area contributed by atoms with Crippen molar-refractivity contribution in [3.05, 3.63) is 11.1 Å². The van der Waals surface area contributed by atoms with Crippen LogP contribution in [0.2, 0.25) is 0 Å². The SMILES string of the molecule is NNS(=O)(=O)N=CCCSCc1csc(N=C(N)N)n1. The van der Waals surface area contributed by atoms with Crippen LogP contribution in [0, 0.1) is 0 Å². The topological polar surface area (TPSA) is 162 Å².